The van der Waals surface area contributed by atoms with Crippen molar-refractivity contribution < 1.29 is 29.3 Å². The molecule has 0 heterocycles. The molecule has 20 heavy (non-hydrogen) atoms. The summed E-state index contributed by atoms with van der Waals surface area (Å²) in [4.78, 5) is 21.5. The largest absolute Gasteiger partial charge is 0.507 e. The molecule has 0 saturated heterocycles. The van der Waals surface area contributed by atoms with Crippen molar-refractivity contribution in [2.75, 3.05) is 0 Å². The molecule has 0 fully saturated rings. The fourth-order valence-corrected chi connectivity index (χ4v) is 1.76. The Morgan fingerprint density at radius 1 is 0.850 bits per heavy atom. The molecule has 6 heteroatoms. The third-order valence-corrected chi connectivity index (χ3v) is 2.76. The maximum atomic E-state index is 13.6. The summed E-state index contributed by atoms with van der Waals surface area (Å²) in [6.45, 7) is 0. The average molecular weight is 276 g/mol. The van der Waals surface area contributed by atoms with Gasteiger partial charge in [-0.15, -0.1) is 0 Å². The summed E-state index contributed by atoms with van der Waals surface area (Å²) in [5.74, 6) is -4.01. The van der Waals surface area contributed by atoms with Crippen LogP contribution in [0.25, 0.3) is 11.1 Å². The number of rotatable bonds is 3. The SMILES string of the molecule is O=C(O)c1ccc(-c2ccc(C(=O)O)c(F)c2)cc1O. The van der Waals surface area contributed by atoms with Gasteiger partial charge in [-0.2, -0.15) is 0 Å². The molecule has 0 aliphatic heterocycles. The second-order valence-electron chi connectivity index (χ2n) is 4.04. The van der Waals surface area contributed by atoms with Gasteiger partial charge in [0.1, 0.15) is 17.1 Å². The minimum absolute atomic E-state index is 0.267. The van der Waals surface area contributed by atoms with E-state index in [-0.39, 0.29) is 5.56 Å². The fourth-order valence-electron chi connectivity index (χ4n) is 1.76. The molecule has 0 aliphatic carbocycles. The molecule has 2 aromatic rings. The molecule has 3 N–H and O–H groups in total. The number of carboxylic acids is 2. The van der Waals surface area contributed by atoms with E-state index in [4.69, 9.17) is 10.2 Å². The molecule has 0 unspecified atom stereocenters. The lowest BCUT2D eigenvalue weighted by molar-refractivity contribution is 0.0681. The molecule has 0 saturated carbocycles. The van der Waals surface area contributed by atoms with E-state index in [0.717, 1.165) is 12.1 Å². The smallest absolute Gasteiger partial charge is 0.339 e. The van der Waals surface area contributed by atoms with Crippen molar-refractivity contribution in [2.24, 2.45) is 0 Å². The zero-order chi connectivity index (χ0) is 14.9. The van der Waals surface area contributed by atoms with E-state index >= 15 is 0 Å². The van der Waals surface area contributed by atoms with E-state index < -0.39 is 29.1 Å². The van der Waals surface area contributed by atoms with Crippen LogP contribution in [-0.2, 0) is 0 Å². The van der Waals surface area contributed by atoms with Gasteiger partial charge < -0.3 is 15.3 Å². The predicted octanol–water partition coefficient (Wildman–Crippen LogP) is 2.59. The number of carbonyl (C=O) groups is 2. The van der Waals surface area contributed by atoms with E-state index in [1.54, 1.807) is 0 Å². The fraction of sp³-hybridized carbons (Fsp3) is 0. The highest BCUT2D eigenvalue weighted by Gasteiger charge is 2.13. The monoisotopic (exact) mass is 276 g/mol. The number of phenols is 1. The molecular formula is C14H9FO5. The van der Waals surface area contributed by atoms with Crippen LogP contribution in [0.5, 0.6) is 5.75 Å². The lowest BCUT2D eigenvalue weighted by Gasteiger charge is -2.06. The Morgan fingerprint density at radius 3 is 1.80 bits per heavy atom. The Balaban J connectivity index is 2.47. The first-order valence-corrected chi connectivity index (χ1v) is 5.49. The van der Waals surface area contributed by atoms with Crippen LogP contribution in [-0.4, -0.2) is 27.3 Å². The van der Waals surface area contributed by atoms with Crippen LogP contribution >= 0.6 is 0 Å². The van der Waals surface area contributed by atoms with E-state index in [9.17, 15) is 19.1 Å². The normalized spacial score (nSPS) is 10.2. The van der Waals surface area contributed by atoms with Gasteiger partial charge in [0.15, 0.2) is 0 Å². The van der Waals surface area contributed by atoms with Crippen LogP contribution in [0.2, 0.25) is 0 Å². The molecule has 0 spiro atoms. The summed E-state index contributed by atoms with van der Waals surface area (Å²) in [7, 11) is 0. The lowest BCUT2D eigenvalue weighted by Crippen LogP contribution is -2.00. The quantitative estimate of drug-likeness (QED) is 0.800. The van der Waals surface area contributed by atoms with Crippen molar-refractivity contribution in [3.8, 4) is 16.9 Å². The summed E-state index contributed by atoms with van der Waals surface area (Å²) in [5.41, 5.74) is -0.0143. The third kappa shape index (κ3) is 2.44. The minimum Gasteiger partial charge on any atom is -0.507 e. The Labute approximate surface area is 112 Å². The van der Waals surface area contributed by atoms with Gasteiger partial charge in [-0.25, -0.2) is 14.0 Å². The molecule has 0 aliphatic rings. The topological polar surface area (TPSA) is 94.8 Å². The molecule has 2 aromatic carbocycles. The highest BCUT2D eigenvalue weighted by Crippen LogP contribution is 2.27. The molecule has 5 nitrogen and oxygen atoms in total. The van der Waals surface area contributed by atoms with E-state index in [2.05, 4.69) is 0 Å². The number of hydrogen-bond acceptors (Lipinski definition) is 3. The number of benzene rings is 2. The summed E-state index contributed by atoms with van der Waals surface area (Å²) >= 11 is 0. The molecule has 0 amide bonds. The summed E-state index contributed by atoms with van der Waals surface area (Å²) in [5, 5.41) is 27.1. The first kappa shape index (κ1) is 13.5. The molecule has 0 bridgehead atoms. The Bertz CT molecular complexity index is 647. The van der Waals surface area contributed by atoms with Crippen molar-refractivity contribution in [3.63, 3.8) is 0 Å². The maximum Gasteiger partial charge on any atom is 0.339 e. The van der Waals surface area contributed by atoms with Crippen LogP contribution < -0.4 is 0 Å². The lowest BCUT2D eigenvalue weighted by atomic mass is 10.0. The number of aromatic carboxylic acids is 2. The van der Waals surface area contributed by atoms with Crippen LogP contribution in [0.1, 0.15) is 20.7 Å². The molecule has 0 radical (unpaired) electrons. The van der Waals surface area contributed by atoms with Gasteiger partial charge in [-0.05, 0) is 35.4 Å². The molecule has 0 aromatic heterocycles. The zero-order valence-electron chi connectivity index (χ0n) is 10.0. The average Bonchev–Trinajstić information content (AvgIpc) is 2.37. The van der Waals surface area contributed by atoms with Crippen LogP contribution in [0.4, 0.5) is 4.39 Å². The molecule has 2 rings (SSSR count). The minimum atomic E-state index is -1.38. The highest BCUT2D eigenvalue weighted by atomic mass is 19.1. The van der Waals surface area contributed by atoms with Gasteiger partial charge in [0.05, 0.1) is 5.56 Å². The van der Waals surface area contributed by atoms with E-state index in [0.29, 0.717) is 11.1 Å². The summed E-state index contributed by atoms with van der Waals surface area (Å²) in [6, 6.07) is 7.27. The molecule has 102 valence electrons. The van der Waals surface area contributed by atoms with Crippen LogP contribution in [0, 0.1) is 5.82 Å². The summed E-state index contributed by atoms with van der Waals surface area (Å²) in [6.07, 6.45) is 0. The van der Waals surface area contributed by atoms with Crippen molar-refractivity contribution in [1.29, 1.82) is 0 Å². The Morgan fingerprint density at radius 2 is 1.35 bits per heavy atom. The van der Waals surface area contributed by atoms with E-state index in [1.807, 2.05) is 0 Å². The third-order valence-electron chi connectivity index (χ3n) is 2.76. The predicted molar refractivity (Wildman–Crippen MR) is 67.4 cm³/mol. The van der Waals surface area contributed by atoms with Crippen molar-refractivity contribution >= 4 is 11.9 Å². The van der Waals surface area contributed by atoms with Gasteiger partial charge in [-0.1, -0.05) is 12.1 Å². The van der Waals surface area contributed by atoms with Gasteiger partial charge in [-0.3, -0.25) is 0 Å². The van der Waals surface area contributed by atoms with Crippen LogP contribution in [0.15, 0.2) is 36.4 Å². The second kappa shape index (κ2) is 5.00. The zero-order valence-corrected chi connectivity index (χ0v) is 10.0. The van der Waals surface area contributed by atoms with Gasteiger partial charge in [0.2, 0.25) is 0 Å². The van der Waals surface area contributed by atoms with Gasteiger partial charge >= 0.3 is 11.9 Å². The first-order chi connectivity index (χ1) is 9.40. The molecule has 0 atom stereocenters. The van der Waals surface area contributed by atoms with Crippen molar-refractivity contribution in [3.05, 3.63) is 53.3 Å². The van der Waals surface area contributed by atoms with Gasteiger partial charge in [0.25, 0.3) is 0 Å². The van der Waals surface area contributed by atoms with Gasteiger partial charge in [0, 0.05) is 0 Å². The summed E-state index contributed by atoms with van der Waals surface area (Å²) < 4.78 is 13.6. The standard InChI is InChI=1S/C14H9FO5/c15-11-5-7(1-3-9(11)13(17)18)8-2-4-10(14(19)20)12(16)6-8/h1-6,16H,(H,17,18)(H,19,20). The van der Waals surface area contributed by atoms with Crippen molar-refractivity contribution in [1.82, 2.24) is 0 Å². The maximum absolute atomic E-state index is 13.6. The van der Waals surface area contributed by atoms with E-state index in [1.165, 1.54) is 24.3 Å². The highest BCUT2D eigenvalue weighted by molar-refractivity contribution is 5.92. The number of aromatic hydroxyl groups is 1. The Kier molecular flexibility index (Phi) is 3.39. The number of hydrogen-bond donors (Lipinski definition) is 3. The number of carboxylic acid groups (broad SMARTS) is 2. The number of halogens is 1. The second-order valence-corrected chi connectivity index (χ2v) is 4.04. The van der Waals surface area contributed by atoms with Crippen LogP contribution in [0.3, 0.4) is 0 Å². The Hall–Kier alpha value is -2.89. The molecular weight excluding hydrogens is 267 g/mol. The van der Waals surface area contributed by atoms with Crippen molar-refractivity contribution in [2.45, 2.75) is 0 Å². The first-order valence-electron chi connectivity index (χ1n) is 5.49.